The van der Waals surface area contributed by atoms with Crippen molar-refractivity contribution >= 4 is 39.4 Å². The molecule has 1 amide bonds. The molecule has 18 heavy (non-hydrogen) atoms. The summed E-state index contributed by atoms with van der Waals surface area (Å²) >= 11 is 9.05. The van der Waals surface area contributed by atoms with Gasteiger partial charge in [0.2, 0.25) is 5.95 Å². The highest BCUT2D eigenvalue weighted by Gasteiger charge is 2.11. The summed E-state index contributed by atoms with van der Waals surface area (Å²) in [4.78, 5) is 19.9. The third-order valence-electron chi connectivity index (χ3n) is 2.29. The molecule has 0 saturated heterocycles. The van der Waals surface area contributed by atoms with Crippen LogP contribution in [0.1, 0.15) is 15.9 Å². The molecule has 0 fully saturated rings. The summed E-state index contributed by atoms with van der Waals surface area (Å²) in [5.74, 6) is -0.0806. The molecule has 0 bridgehead atoms. The Morgan fingerprint density at radius 2 is 2.17 bits per heavy atom. The number of nitrogens with one attached hydrogen (secondary N) is 1. The molecular weight excluding hydrogens is 318 g/mol. The summed E-state index contributed by atoms with van der Waals surface area (Å²) < 4.78 is 0.838. The van der Waals surface area contributed by atoms with Gasteiger partial charge in [0.05, 0.1) is 0 Å². The molecule has 0 aliphatic carbocycles. The average Bonchev–Trinajstić information content (AvgIpc) is 2.32. The van der Waals surface area contributed by atoms with E-state index in [0.717, 1.165) is 10.0 Å². The highest BCUT2D eigenvalue weighted by atomic mass is 79.9. The number of hydrogen-bond acceptors (Lipinski definition) is 3. The van der Waals surface area contributed by atoms with Crippen molar-refractivity contribution in [1.29, 1.82) is 0 Å². The predicted molar refractivity (Wildman–Crippen MR) is 73.9 cm³/mol. The standard InChI is InChI=1S/C12H9BrClN3O/c1-7-2-3-8(13)6-9(7)11(18)17-12-15-5-4-10(14)16-12/h2-6H,1H3,(H,15,16,17,18). The maximum absolute atomic E-state index is 12.0. The van der Waals surface area contributed by atoms with Gasteiger partial charge in [-0.05, 0) is 30.7 Å². The fourth-order valence-electron chi connectivity index (χ4n) is 1.40. The van der Waals surface area contributed by atoms with Gasteiger partial charge in [-0.15, -0.1) is 0 Å². The number of amides is 1. The van der Waals surface area contributed by atoms with Crippen LogP contribution in [0, 0.1) is 6.92 Å². The second-order valence-electron chi connectivity index (χ2n) is 3.62. The van der Waals surface area contributed by atoms with E-state index in [1.165, 1.54) is 6.20 Å². The molecule has 0 unspecified atom stereocenters. The van der Waals surface area contributed by atoms with Crippen LogP contribution in [-0.2, 0) is 0 Å². The van der Waals surface area contributed by atoms with Gasteiger partial charge in [0.1, 0.15) is 5.15 Å². The normalized spacial score (nSPS) is 10.2. The van der Waals surface area contributed by atoms with Gasteiger partial charge in [-0.25, -0.2) is 9.97 Å². The minimum absolute atomic E-state index is 0.187. The van der Waals surface area contributed by atoms with E-state index in [9.17, 15) is 4.79 Å². The molecule has 0 saturated carbocycles. The van der Waals surface area contributed by atoms with E-state index >= 15 is 0 Å². The van der Waals surface area contributed by atoms with Gasteiger partial charge in [-0.1, -0.05) is 33.6 Å². The first-order chi connectivity index (χ1) is 8.56. The Bertz CT molecular complexity index is 604. The molecule has 1 N–H and O–H groups in total. The topological polar surface area (TPSA) is 54.9 Å². The van der Waals surface area contributed by atoms with Crippen LogP contribution in [0.3, 0.4) is 0 Å². The van der Waals surface area contributed by atoms with Crippen molar-refractivity contribution in [2.75, 3.05) is 5.32 Å². The van der Waals surface area contributed by atoms with Crippen LogP contribution in [0.5, 0.6) is 0 Å². The summed E-state index contributed by atoms with van der Waals surface area (Å²) in [5.41, 5.74) is 1.44. The van der Waals surface area contributed by atoms with E-state index in [1.807, 2.05) is 19.1 Å². The van der Waals surface area contributed by atoms with E-state index in [2.05, 4.69) is 31.2 Å². The van der Waals surface area contributed by atoms with Crippen molar-refractivity contribution < 1.29 is 4.79 Å². The number of benzene rings is 1. The maximum Gasteiger partial charge on any atom is 0.258 e. The third kappa shape index (κ3) is 3.05. The minimum atomic E-state index is -0.268. The number of hydrogen-bond donors (Lipinski definition) is 1. The van der Waals surface area contributed by atoms with Crippen LogP contribution in [0.25, 0.3) is 0 Å². The predicted octanol–water partition coefficient (Wildman–Crippen LogP) is 3.45. The van der Waals surface area contributed by atoms with Crippen LogP contribution in [-0.4, -0.2) is 15.9 Å². The minimum Gasteiger partial charge on any atom is -0.290 e. The van der Waals surface area contributed by atoms with E-state index < -0.39 is 0 Å². The fraction of sp³-hybridized carbons (Fsp3) is 0.0833. The summed E-state index contributed by atoms with van der Waals surface area (Å²) in [6, 6.07) is 7.02. The Balaban J connectivity index is 2.24. The van der Waals surface area contributed by atoms with Crippen LogP contribution >= 0.6 is 27.5 Å². The van der Waals surface area contributed by atoms with E-state index in [4.69, 9.17) is 11.6 Å². The van der Waals surface area contributed by atoms with Crippen molar-refractivity contribution in [3.05, 3.63) is 51.2 Å². The number of nitrogens with zero attached hydrogens (tertiary/aromatic N) is 2. The number of aryl methyl sites for hydroxylation is 1. The Morgan fingerprint density at radius 3 is 2.89 bits per heavy atom. The highest BCUT2D eigenvalue weighted by molar-refractivity contribution is 9.10. The van der Waals surface area contributed by atoms with Gasteiger partial charge < -0.3 is 0 Å². The summed E-state index contributed by atoms with van der Waals surface area (Å²) in [6.07, 6.45) is 1.48. The molecule has 6 heteroatoms. The molecule has 4 nitrogen and oxygen atoms in total. The van der Waals surface area contributed by atoms with Gasteiger partial charge in [-0.2, -0.15) is 0 Å². The van der Waals surface area contributed by atoms with Crippen molar-refractivity contribution in [3.63, 3.8) is 0 Å². The van der Waals surface area contributed by atoms with Crippen molar-refractivity contribution in [2.24, 2.45) is 0 Å². The average molecular weight is 327 g/mol. The van der Waals surface area contributed by atoms with Gasteiger partial charge in [0.25, 0.3) is 5.91 Å². The maximum atomic E-state index is 12.0. The van der Waals surface area contributed by atoms with Crippen molar-refractivity contribution in [2.45, 2.75) is 6.92 Å². The van der Waals surface area contributed by atoms with Crippen molar-refractivity contribution in [1.82, 2.24) is 9.97 Å². The smallest absolute Gasteiger partial charge is 0.258 e. The SMILES string of the molecule is Cc1ccc(Br)cc1C(=O)Nc1nccc(Cl)n1. The first-order valence-corrected chi connectivity index (χ1v) is 6.29. The van der Waals surface area contributed by atoms with Crippen LogP contribution in [0.15, 0.2) is 34.9 Å². The summed E-state index contributed by atoms with van der Waals surface area (Å²) in [6.45, 7) is 1.86. The number of aromatic nitrogens is 2. The lowest BCUT2D eigenvalue weighted by atomic mass is 10.1. The Labute approximate surface area is 118 Å². The molecule has 0 aliphatic rings. The second kappa shape index (κ2) is 5.46. The van der Waals surface area contributed by atoms with Gasteiger partial charge in [-0.3, -0.25) is 10.1 Å². The lowest BCUT2D eigenvalue weighted by molar-refractivity contribution is 0.102. The summed E-state index contributed by atoms with van der Waals surface area (Å²) in [5, 5.41) is 2.88. The molecule has 2 rings (SSSR count). The van der Waals surface area contributed by atoms with E-state index in [0.29, 0.717) is 5.56 Å². The molecule has 0 radical (unpaired) electrons. The number of halogens is 2. The van der Waals surface area contributed by atoms with Gasteiger partial charge >= 0.3 is 0 Å². The Kier molecular flexibility index (Phi) is 3.93. The Hall–Kier alpha value is -1.46. The summed E-state index contributed by atoms with van der Waals surface area (Å²) in [7, 11) is 0. The van der Waals surface area contributed by atoms with E-state index in [-0.39, 0.29) is 17.0 Å². The van der Waals surface area contributed by atoms with Crippen LogP contribution < -0.4 is 5.32 Å². The zero-order chi connectivity index (χ0) is 13.1. The second-order valence-corrected chi connectivity index (χ2v) is 4.92. The van der Waals surface area contributed by atoms with Crippen molar-refractivity contribution in [3.8, 4) is 0 Å². The monoisotopic (exact) mass is 325 g/mol. The van der Waals surface area contributed by atoms with Crippen LogP contribution in [0.4, 0.5) is 5.95 Å². The molecule has 1 heterocycles. The lowest BCUT2D eigenvalue weighted by Gasteiger charge is -2.06. The number of anilines is 1. The molecule has 1 aromatic carbocycles. The van der Waals surface area contributed by atoms with E-state index in [1.54, 1.807) is 12.1 Å². The lowest BCUT2D eigenvalue weighted by Crippen LogP contribution is -2.15. The number of carbonyl (C=O) groups is 1. The fourth-order valence-corrected chi connectivity index (χ4v) is 1.90. The van der Waals surface area contributed by atoms with Gasteiger partial charge in [0, 0.05) is 16.2 Å². The zero-order valence-corrected chi connectivity index (χ0v) is 11.8. The Morgan fingerprint density at radius 1 is 1.39 bits per heavy atom. The highest BCUT2D eigenvalue weighted by Crippen LogP contribution is 2.17. The molecule has 1 aromatic heterocycles. The molecule has 92 valence electrons. The largest absolute Gasteiger partial charge is 0.290 e. The molecule has 0 atom stereocenters. The molecular formula is C12H9BrClN3O. The molecule has 0 aliphatic heterocycles. The molecule has 2 aromatic rings. The zero-order valence-electron chi connectivity index (χ0n) is 9.45. The number of carbonyl (C=O) groups excluding carboxylic acids is 1. The third-order valence-corrected chi connectivity index (χ3v) is 2.99. The van der Waals surface area contributed by atoms with Crippen LogP contribution in [0.2, 0.25) is 5.15 Å². The number of rotatable bonds is 2. The first kappa shape index (κ1) is 13.0. The van der Waals surface area contributed by atoms with Gasteiger partial charge in [0.15, 0.2) is 0 Å². The first-order valence-electron chi connectivity index (χ1n) is 5.12. The quantitative estimate of drug-likeness (QED) is 0.860. The molecule has 0 spiro atoms.